The summed E-state index contributed by atoms with van der Waals surface area (Å²) in [5.74, 6) is -0.980. The number of nitrogens with zero attached hydrogens (tertiary/aromatic N) is 2. The Hall–Kier alpha value is -4.97. The lowest BCUT2D eigenvalue weighted by molar-refractivity contribution is -0.119. The molecule has 6 nitrogen and oxygen atoms in total. The van der Waals surface area contributed by atoms with Gasteiger partial charge >= 0.3 is 5.97 Å². The fraction of sp³-hybridized carbons (Fsp3) is 0.147. The molecule has 5 rings (SSSR count). The molecule has 40 heavy (non-hydrogen) atoms. The number of hydrogen-bond donors (Lipinski definition) is 1. The number of aromatic nitrogens is 1. The average molecular weight is 530 g/mol. The Labute approximate surface area is 234 Å². The third-order valence-corrected chi connectivity index (χ3v) is 6.84. The zero-order valence-electron chi connectivity index (χ0n) is 22.6. The largest absolute Gasteiger partial charge is 0.452 e. The third kappa shape index (κ3) is 6.02. The van der Waals surface area contributed by atoms with Crippen LogP contribution in [0, 0.1) is 0 Å². The molecule has 0 radical (unpaired) electrons. The minimum absolute atomic E-state index is 0.365. The van der Waals surface area contributed by atoms with E-state index in [-0.39, 0.29) is 0 Å². The van der Waals surface area contributed by atoms with Crippen LogP contribution in [-0.2, 0) is 9.53 Å². The number of nitrogens with one attached hydrogen (secondary N) is 1. The lowest BCUT2D eigenvalue weighted by Crippen LogP contribution is -2.22. The van der Waals surface area contributed by atoms with Crippen LogP contribution < -0.4 is 10.2 Å². The SMILES string of the molecule is CCN(CC)c1ccc(NC(=O)COC(=O)c2cc(-c3ccc(-c4ccccc4)cc3)nc3ccccc23)cc1. The summed E-state index contributed by atoms with van der Waals surface area (Å²) in [6.45, 7) is 5.62. The van der Waals surface area contributed by atoms with Crippen LogP contribution >= 0.6 is 0 Å². The smallest absolute Gasteiger partial charge is 0.339 e. The Morgan fingerprint density at radius 3 is 2.08 bits per heavy atom. The highest BCUT2D eigenvalue weighted by Gasteiger charge is 2.17. The highest BCUT2D eigenvalue weighted by Crippen LogP contribution is 2.28. The van der Waals surface area contributed by atoms with Crippen molar-refractivity contribution in [2.75, 3.05) is 29.9 Å². The Balaban J connectivity index is 1.31. The van der Waals surface area contributed by atoms with Crippen LogP contribution in [0.1, 0.15) is 24.2 Å². The van der Waals surface area contributed by atoms with E-state index in [0.717, 1.165) is 35.5 Å². The Morgan fingerprint density at radius 1 is 0.750 bits per heavy atom. The fourth-order valence-electron chi connectivity index (χ4n) is 4.71. The second kappa shape index (κ2) is 12.3. The monoisotopic (exact) mass is 529 g/mol. The Morgan fingerprint density at radius 2 is 1.38 bits per heavy atom. The van der Waals surface area contributed by atoms with E-state index in [9.17, 15) is 9.59 Å². The van der Waals surface area contributed by atoms with Gasteiger partial charge in [-0.05, 0) is 61.4 Å². The number of anilines is 2. The van der Waals surface area contributed by atoms with Crippen LogP contribution in [0.2, 0.25) is 0 Å². The van der Waals surface area contributed by atoms with E-state index in [1.54, 1.807) is 6.07 Å². The van der Waals surface area contributed by atoms with Crippen molar-refractivity contribution in [1.82, 2.24) is 4.98 Å². The number of rotatable bonds is 9. The lowest BCUT2D eigenvalue weighted by atomic mass is 10.0. The van der Waals surface area contributed by atoms with Crippen molar-refractivity contribution in [3.8, 4) is 22.4 Å². The molecule has 0 fully saturated rings. The number of para-hydroxylation sites is 1. The normalized spacial score (nSPS) is 10.8. The van der Waals surface area contributed by atoms with Crippen LogP contribution in [0.15, 0.2) is 109 Å². The van der Waals surface area contributed by atoms with Crippen LogP contribution in [0.5, 0.6) is 0 Å². The molecule has 1 aromatic heterocycles. The molecule has 0 unspecified atom stereocenters. The van der Waals surface area contributed by atoms with Gasteiger partial charge in [0.05, 0.1) is 16.8 Å². The highest BCUT2D eigenvalue weighted by molar-refractivity contribution is 6.05. The molecule has 6 heteroatoms. The predicted octanol–water partition coefficient (Wildman–Crippen LogP) is 7.21. The summed E-state index contributed by atoms with van der Waals surface area (Å²) in [4.78, 5) is 32.8. The number of carbonyl (C=O) groups is 2. The molecule has 0 bridgehead atoms. The van der Waals surface area contributed by atoms with Gasteiger partial charge in [0.15, 0.2) is 6.61 Å². The number of fused-ring (bicyclic) bond motifs is 1. The molecule has 200 valence electrons. The average Bonchev–Trinajstić information content (AvgIpc) is 3.01. The van der Waals surface area contributed by atoms with Crippen molar-refractivity contribution in [3.05, 3.63) is 115 Å². The van der Waals surface area contributed by atoms with Crippen LogP contribution in [-0.4, -0.2) is 36.6 Å². The van der Waals surface area contributed by atoms with Crippen molar-refractivity contribution < 1.29 is 14.3 Å². The van der Waals surface area contributed by atoms with Crippen LogP contribution in [0.25, 0.3) is 33.3 Å². The first-order valence-corrected chi connectivity index (χ1v) is 13.4. The van der Waals surface area contributed by atoms with E-state index in [1.165, 1.54) is 0 Å². The number of carbonyl (C=O) groups excluding carboxylic acids is 2. The van der Waals surface area contributed by atoms with E-state index in [1.807, 2.05) is 91.0 Å². The van der Waals surface area contributed by atoms with Crippen molar-refractivity contribution in [3.63, 3.8) is 0 Å². The molecule has 0 aliphatic heterocycles. The standard InChI is InChI=1S/C34H31N3O3/c1-3-37(4-2)28-20-18-27(19-21-28)35-33(38)23-40-34(39)30-22-32(36-31-13-9-8-12-29(30)31)26-16-14-25(15-17-26)24-10-6-5-7-11-24/h5-22H,3-4,23H2,1-2H3,(H,35,38). The summed E-state index contributed by atoms with van der Waals surface area (Å²) in [5.41, 5.74) is 6.53. The van der Waals surface area contributed by atoms with Crippen molar-refractivity contribution >= 4 is 34.2 Å². The minimum Gasteiger partial charge on any atom is -0.452 e. The number of hydrogen-bond acceptors (Lipinski definition) is 5. The van der Waals surface area contributed by atoms with Crippen LogP contribution in [0.4, 0.5) is 11.4 Å². The van der Waals surface area contributed by atoms with Crippen molar-refractivity contribution in [1.29, 1.82) is 0 Å². The zero-order chi connectivity index (χ0) is 27.9. The van der Waals surface area contributed by atoms with Crippen molar-refractivity contribution in [2.24, 2.45) is 0 Å². The second-order valence-electron chi connectivity index (χ2n) is 9.36. The van der Waals surface area contributed by atoms with Crippen LogP contribution in [0.3, 0.4) is 0 Å². The lowest BCUT2D eigenvalue weighted by Gasteiger charge is -2.21. The van der Waals surface area contributed by atoms with Gasteiger partial charge in [-0.2, -0.15) is 0 Å². The molecule has 1 heterocycles. The van der Waals surface area contributed by atoms with Gasteiger partial charge in [0.25, 0.3) is 5.91 Å². The summed E-state index contributed by atoms with van der Waals surface area (Å²) in [6, 6.07) is 35.0. The molecule has 5 aromatic rings. The quantitative estimate of drug-likeness (QED) is 0.204. The zero-order valence-corrected chi connectivity index (χ0v) is 22.6. The maximum atomic E-state index is 13.2. The van der Waals surface area contributed by atoms with Gasteiger partial charge in [-0.25, -0.2) is 9.78 Å². The molecular weight excluding hydrogens is 498 g/mol. The molecular formula is C34H31N3O3. The molecule has 4 aromatic carbocycles. The molecule has 0 spiro atoms. The first kappa shape index (κ1) is 26.6. The number of esters is 1. The molecule has 0 aliphatic rings. The summed E-state index contributed by atoms with van der Waals surface area (Å²) in [6.07, 6.45) is 0. The number of benzene rings is 4. The van der Waals surface area contributed by atoms with Crippen molar-refractivity contribution in [2.45, 2.75) is 13.8 Å². The third-order valence-electron chi connectivity index (χ3n) is 6.84. The van der Waals surface area contributed by atoms with E-state index in [2.05, 4.69) is 36.2 Å². The molecule has 1 amide bonds. The molecule has 0 aliphatic carbocycles. The number of ether oxygens (including phenoxy) is 1. The first-order chi connectivity index (χ1) is 19.6. The Kier molecular flexibility index (Phi) is 8.16. The second-order valence-corrected chi connectivity index (χ2v) is 9.36. The van der Waals surface area contributed by atoms with Gasteiger partial charge in [0.2, 0.25) is 0 Å². The number of pyridine rings is 1. The molecule has 0 saturated heterocycles. The molecule has 0 saturated carbocycles. The summed E-state index contributed by atoms with van der Waals surface area (Å²) in [7, 11) is 0. The van der Waals surface area contributed by atoms with Gasteiger partial charge < -0.3 is 15.0 Å². The van der Waals surface area contributed by atoms with Gasteiger partial charge in [0, 0.05) is 35.4 Å². The summed E-state index contributed by atoms with van der Waals surface area (Å²) >= 11 is 0. The predicted molar refractivity (Wildman–Crippen MR) is 162 cm³/mol. The minimum atomic E-state index is -0.576. The van der Waals surface area contributed by atoms with E-state index in [4.69, 9.17) is 9.72 Å². The van der Waals surface area contributed by atoms with E-state index < -0.39 is 18.5 Å². The molecule has 1 N–H and O–H groups in total. The fourth-order valence-corrected chi connectivity index (χ4v) is 4.71. The summed E-state index contributed by atoms with van der Waals surface area (Å²) in [5, 5.41) is 3.47. The highest BCUT2D eigenvalue weighted by atomic mass is 16.5. The van der Waals surface area contributed by atoms with Gasteiger partial charge in [-0.3, -0.25) is 4.79 Å². The maximum absolute atomic E-state index is 13.2. The van der Waals surface area contributed by atoms with Gasteiger partial charge in [-0.1, -0.05) is 72.8 Å². The van der Waals surface area contributed by atoms with Gasteiger partial charge in [-0.15, -0.1) is 0 Å². The first-order valence-electron chi connectivity index (χ1n) is 13.4. The van der Waals surface area contributed by atoms with E-state index >= 15 is 0 Å². The molecule has 0 atom stereocenters. The number of amides is 1. The topological polar surface area (TPSA) is 71.5 Å². The van der Waals surface area contributed by atoms with E-state index in [0.29, 0.717) is 27.8 Å². The summed E-state index contributed by atoms with van der Waals surface area (Å²) < 4.78 is 5.45. The van der Waals surface area contributed by atoms with Gasteiger partial charge in [0.1, 0.15) is 0 Å². The maximum Gasteiger partial charge on any atom is 0.339 e. The Bertz CT molecular complexity index is 1610.